The molecule has 4 aliphatic carbocycles. The SMILES string of the molecule is C=C1C(=O)OC2(OC1=O)C1C[C@@H]3C[C@H](C1)CC2(S)C3. The maximum atomic E-state index is 11.9. The second-order valence-corrected chi connectivity index (χ2v) is 7.36. The highest BCUT2D eigenvalue weighted by atomic mass is 32.1. The van der Waals surface area contributed by atoms with Gasteiger partial charge in [-0.05, 0) is 43.9 Å². The third-order valence-corrected chi connectivity index (χ3v) is 6.00. The Kier molecular flexibility index (Phi) is 2.10. The van der Waals surface area contributed by atoms with E-state index in [9.17, 15) is 9.59 Å². The third kappa shape index (κ3) is 1.32. The molecule has 1 spiro atoms. The van der Waals surface area contributed by atoms with E-state index in [1.807, 2.05) is 0 Å². The van der Waals surface area contributed by atoms with Crippen LogP contribution in [0.25, 0.3) is 0 Å². The minimum atomic E-state index is -1.15. The summed E-state index contributed by atoms with van der Waals surface area (Å²) in [4.78, 5) is 23.8. The maximum Gasteiger partial charge on any atom is 0.348 e. The average molecular weight is 280 g/mol. The van der Waals surface area contributed by atoms with Crippen LogP contribution < -0.4 is 0 Å². The molecule has 5 fully saturated rings. The molecule has 5 heteroatoms. The van der Waals surface area contributed by atoms with Gasteiger partial charge in [0, 0.05) is 5.92 Å². The number of thiol groups is 1. The van der Waals surface area contributed by atoms with Gasteiger partial charge in [-0.3, -0.25) is 0 Å². The summed E-state index contributed by atoms with van der Waals surface area (Å²) in [7, 11) is 0. The van der Waals surface area contributed by atoms with Gasteiger partial charge < -0.3 is 9.47 Å². The number of rotatable bonds is 0. The van der Waals surface area contributed by atoms with Gasteiger partial charge in [0.2, 0.25) is 0 Å². The normalized spacial score (nSPS) is 46.4. The highest BCUT2D eigenvalue weighted by Gasteiger charge is 2.70. The Morgan fingerprint density at radius 3 is 2.05 bits per heavy atom. The van der Waals surface area contributed by atoms with Crippen molar-refractivity contribution in [3.63, 3.8) is 0 Å². The Balaban J connectivity index is 1.79. The van der Waals surface area contributed by atoms with E-state index in [4.69, 9.17) is 22.1 Å². The molecular formula is C14H16O4S. The van der Waals surface area contributed by atoms with Gasteiger partial charge >= 0.3 is 11.9 Å². The van der Waals surface area contributed by atoms with Crippen molar-refractivity contribution < 1.29 is 19.1 Å². The molecule has 0 aromatic rings. The average Bonchev–Trinajstić information content (AvgIpc) is 2.32. The van der Waals surface area contributed by atoms with E-state index in [1.54, 1.807) is 0 Å². The van der Waals surface area contributed by atoms with E-state index in [0.717, 1.165) is 25.7 Å². The summed E-state index contributed by atoms with van der Waals surface area (Å²) in [6, 6.07) is 0. The standard InChI is InChI=1S/C14H16O4S/c1-7-11(15)17-14(18-12(7)16)10-3-8-2-9(4-10)6-13(14,19)5-8/h8-10,19H,1-6H2/t8-,9+,10?,13?. The summed E-state index contributed by atoms with van der Waals surface area (Å²) >= 11 is 4.81. The predicted octanol–water partition coefficient (Wildman–Crippen LogP) is 1.85. The topological polar surface area (TPSA) is 52.6 Å². The summed E-state index contributed by atoms with van der Waals surface area (Å²) in [5.41, 5.74) is -0.212. The molecule has 0 radical (unpaired) electrons. The van der Waals surface area contributed by atoms with Crippen LogP contribution in [0.5, 0.6) is 0 Å². The fourth-order valence-electron chi connectivity index (χ4n) is 4.77. The molecular weight excluding hydrogens is 264 g/mol. The highest BCUT2D eigenvalue weighted by molar-refractivity contribution is 7.82. The van der Waals surface area contributed by atoms with Crippen LogP contribution >= 0.6 is 12.6 Å². The Labute approximate surface area is 116 Å². The molecule has 0 aromatic carbocycles. The van der Waals surface area contributed by atoms with E-state index in [-0.39, 0.29) is 11.5 Å². The van der Waals surface area contributed by atoms with Crippen LogP contribution in [-0.4, -0.2) is 22.5 Å². The van der Waals surface area contributed by atoms with Gasteiger partial charge in [-0.15, -0.1) is 0 Å². The van der Waals surface area contributed by atoms with Crippen molar-refractivity contribution in [3.8, 4) is 0 Å². The van der Waals surface area contributed by atoms with E-state index >= 15 is 0 Å². The summed E-state index contributed by atoms with van der Waals surface area (Å²) in [6.07, 6.45) is 4.88. The molecule has 1 saturated heterocycles. The highest BCUT2D eigenvalue weighted by Crippen LogP contribution is 2.65. The van der Waals surface area contributed by atoms with Crippen molar-refractivity contribution >= 4 is 24.6 Å². The summed E-state index contributed by atoms with van der Waals surface area (Å²) in [6.45, 7) is 3.42. The summed E-state index contributed by atoms with van der Waals surface area (Å²) in [5, 5.41) is 0. The second kappa shape index (κ2) is 3.37. The van der Waals surface area contributed by atoms with Crippen LogP contribution in [0.1, 0.15) is 32.1 Å². The van der Waals surface area contributed by atoms with Crippen molar-refractivity contribution in [3.05, 3.63) is 12.2 Å². The zero-order valence-electron chi connectivity index (χ0n) is 10.6. The molecule has 19 heavy (non-hydrogen) atoms. The van der Waals surface area contributed by atoms with E-state index in [0.29, 0.717) is 11.8 Å². The number of carbonyl (C=O) groups excluding carboxylic acids is 2. The van der Waals surface area contributed by atoms with Gasteiger partial charge in [0.1, 0.15) is 5.57 Å². The molecule has 2 unspecified atom stereocenters. The van der Waals surface area contributed by atoms with E-state index in [1.165, 1.54) is 6.42 Å². The first-order valence-corrected chi connectivity index (χ1v) is 7.26. The first kappa shape index (κ1) is 11.8. The lowest BCUT2D eigenvalue weighted by Crippen LogP contribution is -2.71. The van der Waals surface area contributed by atoms with Gasteiger partial charge in [0.15, 0.2) is 0 Å². The number of ether oxygens (including phenoxy) is 2. The second-order valence-electron chi connectivity index (χ2n) is 6.50. The van der Waals surface area contributed by atoms with E-state index in [2.05, 4.69) is 6.58 Å². The quantitative estimate of drug-likeness (QED) is 0.318. The monoisotopic (exact) mass is 280 g/mol. The van der Waals surface area contributed by atoms with Gasteiger partial charge in [-0.1, -0.05) is 6.58 Å². The van der Waals surface area contributed by atoms with Crippen LogP contribution in [0.4, 0.5) is 0 Å². The first-order chi connectivity index (χ1) is 8.93. The Morgan fingerprint density at radius 1 is 1.05 bits per heavy atom. The maximum absolute atomic E-state index is 11.9. The van der Waals surface area contributed by atoms with Crippen molar-refractivity contribution in [2.45, 2.75) is 42.6 Å². The predicted molar refractivity (Wildman–Crippen MR) is 69.3 cm³/mol. The van der Waals surface area contributed by atoms with Gasteiger partial charge in [-0.2, -0.15) is 12.6 Å². The molecule has 1 heterocycles. The fourth-order valence-corrected chi connectivity index (χ4v) is 5.56. The molecule has 102 valence electrons. The van der Waals surface area contributed by atoms with Crippen LogP contribution in [0, 0.1) is 17.8 Å². The Bertz CT molecular complexity index is 478. The molecule has 4 atom stereocenters. The third-order valence-electron chi connectivity index (χ3n) is 5.32. The molecule has 4 bridgehead atoms. The van der Waals surface area contributed by atoms with Crippen LogP contribution in [0.2, 0.25) is 0 Å². The van der Waals surface area contributed by atoms with Crippen LogP contribution in [-0.2, 0) is 19.1 Å². The lowest BCUT2D eigenvalue weighted by molar-refractivity contribution is -0.302. The molecule has 4 nitrogen and oxygen atoms in total. The van der Waals surface area contributed by atoms with Crippen LogP contribution in [0.15, 0.2) is 12.2 Å². The molecule has 0 aromatic heterocycles. The van der Waals surface area contributed by atoms with Crippen molar-refractivity contribution in [2.24, 2.45) is 17.8 Å². The molecule has 5 aliphatic rings. The Morgan fingerprint density at radius 2 is 1.58 bits per heavy atom. The Hall–Kier alpha value is -0.970. The van der Waals surface area contributed by atoms with Crippen molar-refractivity contribution in [2.75, 3.05) is 0 Å². The van der Waals surface area contributed by atoms with Gasteiger partial charge in [0.05, 0.1) is 4.75 Å². The van der Waals surface area contributed by atoms with E-state index < -0.39 is 22.5 Å². The van der Waals surface area contributed by atoms with Crippen molar-refractivity contribution in [1.82, 2.24) is 0 Å². The molecule has 1 aliphatic heterocycles. The molecule has 0 amide bonds. The minimum absolute atomic E-state index is 0.0947. The van der Waals surface area contributed by atoms with Gasteiger partial charge in [0.25, 0.3) is 5.79 Å². The number of esters is 2. The zero-order valence-corrected chi connectivity index (χ0v) is 11.4. The lowest BCUT2D eigenvalue weighted by atomic mass is 9.52. The summed E-state index contributed by atoms with van der Waals surface area (Å²) < 4.78 is 10.6. The number of hydrogen-bond acceptors (Lipinski definition) is 5. The fraction of sp³-hybridized carbons (Fsp3) is 0.714. The first-order valence-electron chi connectivity index (χ1n) is 6.81. The smallest absolute Gasteiger partial charge is 0.348 e. The lowest BCUT2D eigenvalue weighted by Gasteiger charge is -2.63. The molecule has 5 rings (SSSR count). The molecule has 0 N–H and O–H groups in total. The largest absolute Gasteiger partial charge is 0.417 e. The minimum Gasteiger partial charge on any atom is -0.417 e. The molecule has 4 saturated carbocycles. The van der Waals surface area contributed by atoms with Crippen LogP contribution in [0.3, 0.4) is 0 Å². The van der Waals surface area contributed by atoms with Gasteiger partial charge in [-0.25, -0.2) is 9.59 Å². The number of carbonyl (C=O) groups is 2. The van der Waals surface area contributed by atoms with Crippen molar-refractivity contribution in [1.29, 1.82) is 0 Å². The number of hydrogen-bond donors (Lipinski definition) is 1. The zero-order chi connectivity index (χ0) is 13.4. The summed E-state index contributed by atoms with van der Waals surface area (Å²) in [5.74, 6) is -1.09.